The van der Waals surface area contributed by atoms with Crippen LogP contribution in [0.15, 0.2) is 32.6 Å². The predicted molar refractivity (Wildman–Crippen MR) is 115 cm³/mol. The molecular weight excluding hydrogens is 402 g/mol. The number of oxazole rings is 1. The highest BCUT2D eigenvalue weighted by Crippen LogP contribution is 2.33. The SMILES string of the molecule is CCOc1ccc(-c2nc(CSc3nc4c(c(=O)[nH]3)CCCC4)c(C)o2)cc1OC. The van der Waals surface area contributed by atoms with Gasteiger partial charge in [0, 0.05) is 16.9 Å². The molecule has 30 heavy (non-hydrogen) atoms. The van der Waals surface area contributed by atoms with E-state index < -0.39 is 0 Å². The number of hydrogen-bond donors (Lipinski definition) is 1. The highest BCUT2D eigenvalue weighted by molar-refractivity contribution is 7.98. The maximum atomic E-state index is 12.3. The third kappa shape index (κ3) is 4.23. The first-order valence-corrected chi connectivity index (χ1v) is 11.1. The summed E-state index contributed by atoms with van der Waals surface area (Å²) < 4.78 is 16.9. The Kier molecular flexibility index (Phi) is 6.13. The molecule has 0 atom stereocenters. The van der Waals surface area contributed by atoms with Crippen LogP contribution in [0.5, 0.6) is 11.5 Å². The number of aromatic nitrogens is 3. The zero-order chi connectivity index (χ0) is 21.1. The Hall–Kier alpha value is -2.74. The summed E-state index contributed by atoms with van der Waals surface area (Å²) in [4.78, 5) is 24.5. The van der Waals surface area contributed by atoms with Crippen molar-refractivity contribution in [1.29, 1.82) is 0 Å². The molecule has 2 aromatic heterocycles. The van der Waals surface area contributed by atoms with Crippen LogP contribution in [0.4, 0.5) is 0 Å². The Labute approximate surface area is 179 Å². The van der Waals surface area contributed by atoms with Crippen LogP contribution in [-0.4, -0.2) is 28.7 Å². The van der Waals surface area contributed by atoms with Gasteiger partial charge in [-0.15, -0.1) is 0 Å². The fourth-order valence-electron chi connectivity index (χ4n) is 3.55. The van der Waals surface area contributed by atoms with E-state index in [-0.39, 0.29) is 5.56 Å². The molecule has 0 spiro atoms. The van der Waals surface area contributed by atoms with Gasteiger partial charge in [0.2, 0.25) is 5.89 Å². The van der Waals surface area contributed by atoms with E-state index in [1.807, 2.05) is 32.0 Å². The maximum Gasteiger partial charge on any atom is 0.254 e. The van der Waals surface area contributed by atoms with Gasteiger partial charge in [-0.05, 0) is 57.7 Å². The van der Waals surface area contributed by atoms with Crippen LogP contribution in [-0.2, 0) is 18.6 Å². The molecule has 0 radical (unpaired) electrons. The lowest BCUT2D eigenvalue weighted by Crippen LogP contribution is -2.21. The molecule has 1 aromatic carbocycles. The molecule has 3 aromatic rings. The van der Waals surface area contributed by atoms with E-state index in [2.05, 4.69) is 15.0 Å². The third-order valence-corrected chi connectivity index (χ3v) is 6.00. The van der Waals surface area contributed by atoms with Crippen molar-refractivity contribution < 1.29 is 13.9 Å². The zero-order valence-electron chi connectivity index (χ0n) is 17.4. The van der Waals surface area contributed by atoms with Gasteiger partial charge in [0.05, 0.1) is 25.1 Å². The number of fused-ring (bicyclic) bond motifs is 1. The second kappa shape index (κ2) is 8.95. The number of nitrogens with one attached hydrogen (secondary N) is 1. The van der Waals surface area contributed by atoms with E-state index in [4.69, 9.17) is 13.9 Å². The number of hydrogen-bond acceptors (Lipinski definition) is 7. The van der Waals surface area contributed by atoms with Gasteiger partial charge < -0.3 is 18.9 Å². The van der Waals surface area contributed by atoms with Crippen LogP contribution in [0.2, 0.25) is 0 Å². The predicted octanol–water partition coefficient (Wildman–Crippen LogP) is 4.31. The Morgan fingerprint density at radius 1 is 1.20 bits per heavy atom. The summed E-state index contributed by atoms with van der Waals surface area (Å²) in [5.74, 6) is 3.15. The molecular formula is C22H25N3O4S. The van der Waals surface area contributed by atoms with Crippen LogP contribution < -0.4 is 15.0 Å². The van der Waals surface area contributed by atoms with Gasteiger partial charge in [0.1, 0.15) is 5.76 Å². The number of ether oxygens (including phenoxy) is 2. The van der Waals surface area contributed by atoms with Crippen molar-refractivity contribution in [3.8, 4) is 23.0 Å². The first-order chi connectivity index (χ1) is 14.6. The number of rotatable bonds is 7. The van der Waals surface area contributed by atoms with Crippen molar-refractivity contribution in [2.24, 2.45) is 0 Å². The molecule has 1 aliphatic rings. The van der Waals surface area contributed by atoms with Crippen molar-refractivity contribution in [2.75, 3.05) is 13.7 Å². The average molecular weight is 428 g/mol. The Morgan fingerprint density at radius 3 is 2.83 bits per heavy atom. The number of benzene rings is 1. The molecule has 0 unspecified atom stereocenters. The lowest BCUT2D eigenvalue weighted by Gasteiger charge is -2.14. The Morgan fingerprint density at radius 2 is 2.03 bits per heavy atom. The van der Waals surface area contributed by atoms with Gasteiger partial charge in [-0.3, -0.25) is 4.79 Å². The number of methoxy groups -OCH3 is 1. The highest BCUT2D eigenvalue weighted by atomic mass is 32.2. The summed E-state index contributed by atoms with van der Waals surface area (Å²) in [5, 5.41) is 0.632. The van der Waals surface area contributed by atoms with Crippen molar-refractivity contribution in [3.63, 3.8) is 0 Å². The van der Waals surface area contributed by atoms with Crippen LogP contribution in [0, 0.1) is 6.92 Å². The van der Waals surface area contributed by atoms with Gasteiger partial charge in [-0.25, -0.2) is 9.97 Å². The Balaban J connectivity index is 1.52. The van der Waals surface area contributed by atoms with Gasteiger partial charge in [0.15, 0.2) is 16.7 Å². The molecule has 0 fully saturated rings. The van der Waals surface area contributed by atoms with Gasteiger partial charge in [-0.1, -0.05) is 11.8 Å². The van der Waals surface area contributed by atoms with Crippen LogP contribution in [0.25, 0.3) is 11.5 Å². The number of H-pyrrole nitrogens is 1. The minimum atomic E-state index is -0.0127. The summed E-state index contributed by atoms with van der Waals surface area (Å²) in [7, 11) is 1.61. The van der Waals surface area contributed by atoms with Crippen molar-refractivity contribution >= 4 is 11.8 Å². The van der Waals surface area contributed by atoms with E-state index in [0.29, 0.717) is 34.9 Å². The molecule has 4 rings (SSSR count). The fourth-order valence-corrected chi connectivity index (χ4v) is 4.43. The summed E-state index contributed by atoms with van der Waals surface area (Å²) >= 11 is 1.47. The van der Waals surface area contributed by atoms with Gasteiger partial charge in [0.25, 0.3) is 5.56 Å². The van der Waals surface area contributed by atoms with E-state index in [1.54, 1.807) is 7.11 Å². The molecule has 158 valence electrons. The Bertz CT molecular complexity index is 1110. The number of nitrogens with zero attached hydrogens (tertiary/aromatic N) is 2. The standard InChI is InChI=1S/C22H25N3O4S/c1-4-28-18-10-9-14(11-19(18)27-3)21-23-17(13(2)29-21)12-30-22-24-16-8-6-5-7-15(16)20(26)25-22/h9-11H,4-8,12H2,1-3H3,(H,24,25,26). The second-order valence-electron chi connectivity index (χ2n) is 7.11. The molecule has 0 saturated heterocycles. The van der Waals surface area contributed by atoms with E-state index in [0.717, 1.165) is 54.0 Å². The zero-order valence-corrected chi connectivity index (χ0v) is 18.2. The molecule has 0 aliphatic heterocycles. The van der Waals surface area contributed by atoms with Crippen molar-refractivity contribution in [3.05, 3.63) is 51.3 Å². The first kappa shape index (κ1) is 20.5. The minimum absolute atomic E-state index is 0.0127. The second-order valence-corrected chi connectivity index (χ2v) is 8.08. The fraction of sp³-hybridized carbons (Fsp3) is 0.409. The number of thioether (sulfide) groups is 1. The molecule has 0 saturated carbocycles. The summed E-state index contributed by atoms with van der Waals surface area (Å²) in [6, 6.07) is 5.61. The van der Waals surface area contributed by atoms with Crippen LogP contribution in [0.1, 0.15) is 42.5 Å². The number of aromatic amines is 1. The third-order valence-electron chi connectivity index (χ3n) is 5.12. The molecule has 2 heterocycles. The average Bonchev–Trinajstić information content (AvgIpc) is 3.13. The van der Waals surface area contributed by atoms with Crippen molar-refractivity contribution in [1.82, 2.24) is 15.0 Å². The van der Waals surface area contributed by atoms with Crippen molar-refractivity contribution in [2.45, 2.75) is 50.4 Å². The molecule has 7 nitrogen and oxygen atoms in total. The minimum Gasteiger partial charge on any atom is -0.493 e. The van der Waals surface area contributed by atoms with Gasteiger partial charge in [-0.2, -0.15) is 0 Å². The summed E-state index contributed by atoms with van der Waals surface area (Å²) in [6.45, 7) is 4.38. The van der Waals surface area contributed by atoms with E-state index in [1.165, 1.54) is 11.8 Å². The topological polar surface area (TPSA) is 90.2 Å². The van der Waals surface area contributed by atoms with Crippen LogP contribution >= 0.6 is 11.8 Å². The largest absolute Gasteiger partial charge is 0.493 e. The molecule has 1 aliphatic carbocycles. The van der Waals surface area contributed by atoms with Crippen LogP contribution in [0.3, 0.4) is 0 Å². The molecule has 8 heteroatoms. The normalized spacial score (nSPS) is 13.2. The smallest absolute Gasteiger partial charge is 0.254 e. The molecule has 1 N–H and O–H groups in total. The summed E-state index contributed by atoms with van der Waals surface area (Å²) in [5.41, 5.74) is 3.40. The van der Waals surface area contributed by atoms with E-state index in [9.17, 15) is 4.79 Å². The lowest BCUT2D eigenvalue weighted by molar-refractivity contribution is 0.311. The maximum absolute atomic E-state index is 12.3. The summed E-state index contributed by atoms with van der Waals surface area (Å²) in [6.07, 6.45) is 3.84. The monoisotopic (exact) mass is 427 g/mol. The van der Waals surface area contributed by atoms with Gasteiger partial charge >= 0.3 is 0 Å². The lowest BCUT2D eigenvalue weighted by atomic mass is 9.97. The highest BCUT2D eigenvalue weighted by Gasteiger charge is 2.18. The van der Waals surface area contributed by atoms with E-state index >= 15 is 0 Å². The molecule has 0 amide bonds. The quantitative estimate of drug-likeness (QED) is 0.444. The number of aryl methyl sites for hydroxylation is 2. The molecule has 0 bridgehead atoms. The first-order valence-electron chi connectivity index (χ1n) is 10.1.